The third kappa shape index (κ3) is 3.26. The minimum Gasteiger partial charge on any atom is -0.381 e. The van der Waals surface area contributed by atoms with E-state index in [2.05, 4.69) is 5.32 Å². The van der Waals surface area contributed by atoms with Crippen molar-refractivity contribution in [3.05, 3.63) is 29.3 Å². The molecule has 0 aliphatic carbocycles. The molecule has 0 bridgehead atoms. The first kappa shape index (κ1) is 13.9. The number of sulfone groups is 1. The molecule has 2 rings (SSSR count). The van der Waals surface area contributed by atoms with Gasteiger partial charge in [0.1, 0.15) is 0 Å². The number of anilines is 1. The fourth-order valence-electron chi connectivity index (χ4n) is 2.42. The molecule has 0 spiro atoms. The maximum Gasteiger partial charge on any atom is 0.249 e. The predicted octanol–water partition coefficient (Wildman–Crippen LogP) is 1.08. The molecule has 1 aliphatic heterocycles. The van der Waals surface area contributed by atoms with Crippen molar-refractivity contribution in [3.8, 4) is 0 Å². The van der Waals surface area contributed by atoms with Crippen LogP contribution in [0.2, 0.25) is 0 Å². The molecule has 1 fully saturated rings. The van der Waals surface area contributed by atoms with Gasteiger partial charge in [-0.1, -0.05) is 6.07 Å². The van der Waals surface area contributed by atoms with Crippen LogP contribution >= 0.6 is 0 Å². The summed E-state index contributed by atoms with van der Waals surface area (Å²) in [6.07, 6.45) is 1.49. The van der Waals surface area contributed by atoms with Crippen LogP contribution in [0.25, 0.3) is 0 Å². The topological polar surface area (TPSA) is 89.3 Å². The van der Waals surface area contributed by atoms with Crippen molar-refractivity contribution < 1.29 is 13.2 Å². The van der Waals surface area contributed by atoms with Crippen molar-refractivity contribution in [1.29, 1.82) is 0 Å². The second kappa shape index (κ2) is 5.21. The zero-order valence-corrected chi connectivity index (χ0v) is 11.7. The third-order valence-electron chi connectivity index (χ3n) is 3.42. The van der Waals surface area contributed by atoms with Crippen molar-refractivity contribution in [2.45, 2.75) is 25.8 Å². The number of nitrogens with one attached hydrogen (secondary N) is 1. The highest BCUT2D eigenvalue weighted by atomic mass is 32.2. The molecule has 19 heavy (non-hydrogen) atoms. The minimum atomic E-state index is -2.95. The van der Waals surface area contributed by atoms with E-state index < -0.39 is 15.7 Å². The first-order valence-corrected chi connectivity index (χ1v) is 8.07. The number of amides is 1. The summed E-state index contributed by atoms with van der Waals surface area (Å²) in [5.74, 6) is -0.0592. The average molecular weight is 282 g/mol. The van der Waals surface area contributed by atoms with Crippen LogP contribution in [0, 0.1) is 6.92 Å². The van der Waals surface area contributed by atoms with Crippen LogP contribution in [0.1, 0.15) is 28.8 Å². The molecular weight excluding hydrogens is 264 g/mol. The molecule has 0 saturated carbocycles. The van der Waals surface area contributed by atoms with E-state index in [1.807, 2.05) is 6.07 Å². The predicted molar refractivity (Wildman–Crippen MR) is 75.0 cm³/mol. The Bertz CT molecular complexity index is 596. The zero-order valence-electron chi connectivity index (χ0n) is 10.8. The van der Waals surface area contributed by atoms with Gasteiger partial charge in [-0.25, -0.2) is 8.42 Å². The van der Waals surface area contributed by atoms with E-state index >= 15 is 0 Å². The second-order valence-corrected chi connectivity index (χ2v) is 7.17. The van der Waals surface area contributed by atoms with Crippen LogP contribution in [0.5, 0.6) is 0 Å². The molecule has 104 valence electrons. The van der Waals surface area contributed by atoms with Crippen LogP contribution in [0.15, 0.2) is 18.2 Å². The minimum absolute atomic E-state index is 0.0967. The molecule has 1 heterocycles. The second-order valence-electron chi connectivity index (χ2n) is 4.94. The lowest BCUT2D eigenvalue weighted by atomic mass is 10.0. The van der Waals surface area contributed by atoms with Crippen molar-refractivity contribution >= 4 is 21.4 Å². The molecule has 1 atom stereocenters. The van der Waals surface area contributed by atoms with E-state index in [1.165, 1.54) is 0 Å². The standard InChI is InChI=1S/C13H18N2O3S/c1-9-11(13(14)16)5-2-6-12(9)15-10-4-3-7-19(17,18)8-10/h2,5-6,10,15H,3-4,7-8H2,1H3,(H2,14,16). The summed E-state index contributed by atoms with van der Waals surface area (Å²) >= 11 is 0. The molecule has 1 aliphatic rings. The molecule has 6 heteroatoms. The van der Waals surface area contributed by atoms with Gasteiger partial charge in [0.05, 0.1) is 11.5 Å². The van der Waals surface area contributed by atoms with E-state index in [4.69, 9.17) is 5.73 Å². The summed E-state index contributed by atoms with van der Waals surface area (Å²) in [5, 5.41) is 3.21. The van der Waals surface area contributed by atoms with Gasteiger partial charge in [-0.15, -0.1) is 0 Å². The highest BCUT2D eigenvalue weighted by Crippen LogP contribution is 2.22. The number of benzene rings is 1. The number of nitrogens with two attached hydrogens (primary N) is 1. The Kier molecular flexibility index (Phi) is 3.80. The van der Waals surface area contributed by atoms with E-state index in [1.54, 1.807) is 19.1 Å². The largest absolute Gasteiger partial charge is 0.381 e. The lowest BCUT2D eigenvalue weighted by Gasteiger charge is -2.25. The number of carbonyl (C=O) groups is 1. The van der Waals surface area contributed by atoms with Gasteiger partial charge in [0, 0.05) is 17.3 Å². The van der Waals surface area contributed by atoms with Crippen LogP contribution < -0.4 is 11.1 Å². The van der Waals surface area contributed by atoms with Crippen LogP contribution in [0.3, 0.4) is 0 Å². The van der Waals surface area contributed by atoms with Gasteiger partial charge in [0.2, 0.25) is 5.91 Å². The Morgan fingerprint density at radius 2 is 2.16 bits per heavy atom. The van der Waals surface area contributed by atoms with E-state index in [0.717, 1.165) is 17.7 Å². The maximum atomic E-state index is 11.6. The Morgan fingerprint density at radius 1 is 1.42 bits per heavy atom. The van der Waals surface area contributed by atoms with Crippen LogP contribution in [0.4, 0.5) is 5.69 Å². The highest BCUT2D eigenvalue weighted by molar-refractivity contribution is 7.91. The Hall–Kier alpha value is -1.56. The van der Waals surface area contributed by atoms with Gasteiger partial charge in [-0.3, -0.25) is 4.79 Å². The first-order valence-electron chi connectivity index (χ1n) is 6.25. The van der Waals surface area contributed by atoms with Crippen LogP contribution in [-0.2, 0) is 9.84 Å². The molecule has 0 aromatic heterocycles. The van der Waals surface area contributed by atoms with E-state index in [-0.39, 0.29) is 17.5 Å². The lowest BCUT2D eigenvalue weighted by Crippen LogP contribution is -2.35. The molecule has 0 radical (unpaired) electrons. The summed E-state index contributed by atoms with van der Waals surface area (Å²) in [4.78, 5) is 11.3. The van der Waals surface area contributed by atoms with Crippen molar-refractivity contribution in [2.24, 2.45) is 5.73 Å². The number of rotatable bonds is 3. The molecule has 1 aromatic carbocycles. The van der Waals surface area contributed by atoms with Gasteiger partial charge in [-0.2, -0.15) is 0 Å². The summed E-state index contributed by atoms with van der Waals surface area (Å²) in [6.45, 7) is 1.81. The molecule has 3 N–H and O–H groups in total. The summed E-state index contributed by atoms with van der Waals surface area (Å²) < 4.78 is 23.2. The first-order chi connectivity index (χ1) is 8.89. The van der Waals surface area contributed by atoms with Crippen molar-refractivity contribution in [2.75, 3.05) is 16.8 Å². The number of hydrogen-bond acceptors (Lipinski definition) is 4. The molecule has 1 aromatic rings. The number of carbonyl (C=O) groups excluding carboxylic acids is 1. The monoisotopic (exact) mass is 282 g/mol. The maximum absolute atomic E-state index is 11.6. The molecule has 1 unspecified atom stereocenters. The van der Waals surface area contributed by atoms with Crippen molar-refractivity contribution in [1.82, 2.24) is 0 Å². The Morgan fingerprint density at radius 3 is 2.79 bits per heavy atom. The normalized spacial score (nSPS) is 21.8. The smallest absolute Gasteiger partial charge is 0.249 e. The van der Waals surface area contributed by atoms with E-state index in [9.17, 15) is 13.2 Å². The molecule has 1 amide bonds. The molecule has 5 nitrogen and oxygen atoms in total. The molecular formula is C13H18N2O3S. The number of hydrogen-bond donors (Lipinski definition) is 2. The van der Waals surface area contributed by atoms with Gasteiger partial charge < -0.3 is 11.1 Å². The summed E-state index contributed by atoms with van der Waals surface area (Å²) in [7, 11) is -2.95. The van der Waals surface area contributed by atoms with Gasteiger partial charge in [0.15, 0.2) is 9.84 Å². The van der Waals surface area contributed by atoms with Gasteiger partial charge in [0.25, 0.3) is 0 Å². The molecule has 1 saturated heterocycles. The average Bonchev–Trinajstić information content (AvgIpc) is 2.30. The van der Waals surface area contributed by atoms with Gasteiger partial charge >= 0.3 is 0 Å². The fraction of sp³-hybridized carbons (Fsp3) is 0.462. The third-order valence-corrected chi connectivity index (χ3v) is 5.24. The highest BCUT2D eigenvalue weighted by Gasteiger charge is 2.25. The Balaban J connectivity index is 2.20. The van der Waals surface area contributed by atoms with Gasteiger partial charge in [-0.05, 0) is 37.5 Å². The quantitative estimate of drug-likeness (QED) is 0.868. The lowest BCUT2D eigenvalue weighted by molar-refractivity contribution is 0.0999. The summed E-state index contributed by atoms with van der Waals surface area (Å²) in [5.41, 5.74) is 7.30. The van der Waals surface area contributed by atoms with Crippen molar-refractivity contribution in [3.63, 3.8) is 0 Å². The zero-order chi connectivity index (χ0) is 14.0. The number of primary amides is 1. The van der Waals surface area contributed by atoms with E-state index in [0.29, 0.717) is 12.0 Å². The van der Waals surface area contributed by atoms with Crippen LogP contribution in [-0.4, -0.2) is 31.9 Å². The fourth-order valence-corrected chi connectivity index (χ4v) is 4.05. The Labute approximate surface area is 113 Å². The summed E-state index contributed by atoms with van der Waals surface area (Å²) in [6, 6.07) is 5.15. The SMILES string of the molecule is Cc1c(NC2CCCS(=O)(=O)C2)cccc1C(N)=O.